The first kappa shape index (κ1) is 21.1. The molecule has 0 aromatic heterocycles. The molecule has 0 atom stereocenters. The summed E-state index contributed by atoms with van der Waals surface area (Å²) in [4.78, 5) is 22.0. The van der Waals surface area contributed by atoms with Gasteiger partial charge in [0.05, 0.1) is 13.5 Å². The minimum Gasteiger partial charge on any atom is -0.497 e. The monoisotopic (exact) mass is 387 g/mol. The lowest BCUT2D eigenvalue weighted by atomic mass is 10.1. The fraction of sp³-hybridized carbons (Fsp3) is 0.333. The molecule has 0 aliphatic rings. The van der Waals surface area contributed by atoms with Crippen LogP contribution in [0.15, 0.2) is 48.5 Å². The zero-order chi connectivity index (χ0) is 20.2. The molecule has 0 fully saturated rings. The molecule has 0 bridgehead atoms. The van der Waals surface area contributed by atoms with E-state index >= 15 is 0 Å². The van der Waals surface area contributed by atoms with Gasteiger partial charge in [-0.1, -0.05) is 12.1 Å². The van der Waals surface area contributed by atoms with E-state index in [0.29, 0.717) is 26.2 Å². The zero-order valence-electron chi connectivity index (χ0n) is 15.8. The number of carboxylic acids is 1. The molecule has 2 aromatic rings. The molecule has 28 heavy (non-hydrogen) atoms. The summed E-state index contributed by atoms with van der Waals surface area (Å²) in [5.74, 6) is 1.02. The maximum absolute atomic E-state index is 11.5. The SMILES string of the molecule is COc1ccc(OCCOc2cccc(CCNC(=O)CCC(=O)O)c2)cc1. The molecule has 2 rings (SSSR count). The van der Waals surface area contributed by atoms with Crippen molar-refractivity contribution in [3.05, 3.63) is 54.1 Å². The molecular weight excluding hydrogens is 362 g/mol. The van der Waals surface area contributed by atoms with E-state index in [1.807, 2.05) is 48.5 Å². The van der Waals surface area contributed by atoms with Crippen molar-refractivity contribution in [2.24, 2.45) is 0 Å². The number of rotatable bonds is 12. The number of carbonyl (C=O) groups is 2. The van der Waals surface area contributed by atoms with Crippen molar-refractivity contribution in [2.75, 3.05) is 26.9 Å². The van der Waals surface area contributed by atoms with Crippen molar-refractivity contribution in [3.8, 4) is 17.2 Å². The van der Waals surface area contributed by atoms with Gasteiger partial charge in [-0.3, -0.25) is 9.59 Å². The van der Waals surface area contributed by atoms with E-state index in [4.69, 9.17) is 19.3 Å². The van der Waals surface area contributed by atoms with Gasteiger partial charge in [-0.25, -0.2) is 0 Å². The third-order valence-corrected chi connectivity index (χ3v) is 3.88. The van der Waals surface area contributed by atoms with Crippen molar-refractivity contribution in [1.82, 2.24) is 5.32 Å². The first-order chi connectivity index (χ1) is 13.6. The van der Waals surface area contributed by atoms with Crippen LogP contribution < -0.4 is 19.5 Å². The highest BCUT2D eigenvalue weighted by atomic mass is 16.5. The fourth-order valence-corrected chi connectivity index (χ4v) is 2.44. The van der Waals surface area contributed by atoms with Gasteiger partial charge in [-0.2, -0.15) is 0 Å². The second-order valence-corrected chi connectivity index (χ2v) is 6.01. The molecule has 2 aromatic carbocycles. The minimum absolute atomic E-state index is 0.00726. The molecule has 0 spiro atoms. The number of aliphatic carboxylic acids is 1. The Hall–Kier alpha value is -3.22. The van der Waals surface area contributed by atoms with Crippen molar-refractivity contribution >= 4 is 11.9 Å². The standard InChI is InChI=1S/C21H25NO6/c1-26-17-5-7-18(8-6-17)27-13-14-28-19-4-2-3-16(15-19)11-12-22-20(23)9-10-21(24)25/h2-8,15H,9-14H2,1H3,(H,22,23)(H,24,25). The van der Waals surface area contributed by atoms with Crippen LogP contribution in [0.3, 0.4) is 0 Å². The molecule has 150 valence electrons. The second-order valence-electron chi connectivity index (χ2n) is 6.01. The molecule has 7 nitrogen and oxygen atoms in total. The maximum Gasteiger partial charge on any atom is 0.303 e. The highest BCUT2D eigenvalue weighted by molar-refractivity contribution is 5.80. The summed E-state index contributed by atoms with van der Waals surface area (Å²) in [7, 11) is 1.62. The Morgan fingerprint density at radius 1 is 0.929 bits per heavy atom. The van der Waals surface area contributed by atoms with Crippen molar-refractivity contribution < 1.29 is 28.9 Å². The number of nitrogens with one attached hydrogen (secondary N) is 1. The lowest BCUT2D eigenvalue weighted by Gasteiger charge is -2.10. The molecule has 0 aliphatic heterocycles. The topological polar surface area (TPSA) is 94.1 Å². The van der Waals surface area contributed by atoms with Crippen LogP contribution in [0.25, 0.3) is 0 Å². The smallest absolute Gasteiger partial charge is 0.303 e. The van der Waals surface area contributed by atoms with E-state index in [-0.39, 0.29) is 18.7 Å². The third kappa shape index (κ3) is 7.99. The number of benzene rings is 2. The Morgan fingerprint density at radius 3 is 2.29 bits per heavy atom. The summed E-state index contributed by atoms with van der Waals surface area (Å²) in [6.45, 7) is 1.26. The number of hydrogen-bond acceptors (Lipinski definition) is 5. The number of carboxylic acid groups (broad SMARTS) is 1. The largest absolute Gasteiger partial charge is 0.497 e. The van der Waals surface area contributed by atoms with Crippen LogP contribution in [-0.4, -0.2) is 43.9 Å². The normalized spacial score (nSPS) is 10.2. The number of amides is 1. The highest BCUT2D eigenvalue weighted by Crippen LogP contribution is 2.17. The molecular formula is C21H25NO6. The average Bonchev–Trinajstić information content (AvgIpc) is 2.70. The highest BCUT2D eigenvalue weighted by Gasteiger charge is 2.05. The Labute approximate surface area is 164 Å². The molecule has 0 unspecified atom stereocenters. The Kier molecular flexibility index (Phi) is 8.65. The van der Waals surface area contributed by atoms with Crippen LogP contribution >= 0.6 is 0 Å². The molecule has 0 saturated carbocycles. The maximum atomic E-state index is 11.5. The predicted octanol–water partition coefficient (Wildman–Crippen LogP) is 2.68. The van der Waals surface area contributed by atoms with Gasteiger partial charge >= 0.3 is 5.97 Å². The fourth-order valence-electron chi connectivity index (χ4n) is 2.44. The average molecular weight is 387 g/mol. The van der Waals surface area contributed by atoms with Crippen molar-refractivity contribution in [3.63, 3.8) is 0 Å². The first-order valence-electron chi connectivity index (χ1n) is 9.04. The van der Waals surface area contributed by atoms with Crippen molar-refractivity contribution in [1.29, 1.82) is 0 Å². The summed E-state index contributed by atoms with van der Waals surface area (Å²) in [5.41, 5.74) is 1.02. The Morgan fingerprint density at radius 2 is 1.61 bits per heavy atom. The summed E-state index contributed by atoms with van der Waals surface area (Å²) in [6.07, 6.45) is 0.471. The number of methoxy groups -OCH3 is 1. The number of carbonyl (C=O) groups excluding carboxylic acids is 1. The van der Waals surface area contributed by atoms with Crippen LogP contribution in [0.2, 0.25) is 0 Å². The molecule has 0 saturated heterocycles. The van der Waals surface area contributed by atoms with E-state index in [9.17, 15) is 9.59 Å². The van der Waals surface area contributed by atoms with Gasteiger partial charge in [0.25, 0.3) is 0 Å². The molecule has 7 heteroatoms. The van der Waals surface area contributed by atoms with Crippen LogP contribution in [0.4, 0.5) is 0 Å². The van der Waals surface area contributed by atoms with E-state index < -0.39 is 5.97 Å². The molecule has 0 heterocycles. The second kappa shape index (κ2) is 11.5. The van der Waals surface area contributed by atoms with E-state index in [0.717, 1.165) is 22.8 Å². The third-order valence-electron chi connectivity index (χ3n) is 3.88. The predicted molar refractivity (Wildman–Crippen MR) is 104 cm³/mol. The van der Waals surface area contributed by atoms with E-state index in [2.05, 4.69) is 5.32 Å². The van der Waals surface area contributed by atoms with Crippen LogP contribution in [0.5, 0.6) is 17.2 Å². The van der Waals surface area contributed by atoms with Gasteiger partial charge in [0.2, 0.25) is 5.91 Å². The summed E-state index contributed by atoms with van der Waals surface area (Å²) >= 11 is 0. The minimum atomic E-state index is -0.976. The lowest BCUT2D eigenvalue weighted by Crippen LogP contribution is -2.26. The Balaban J connectivity index is 1.67. The van der Waals surface area contributed by atoms with Gasteiger partial charge < -0.3 is 24.6 Å². The summed E-state index contributed by atoms with van der Waals surface area (Å²) < 4.78 is 16.4. The molecule has 0 aliphatic carbocycles. The number of hydrogen-bond donors (Lipinski definition) is 2. The zero-order valence-corrected chi connectivity index (χ0v) is 15.8. The van der Waals surface area contributed by atoms with Gasteiger partial charge in [-0.15, -0.1) is 0 Å². The van der Waals surface area contributed by atoms with Gasteiger partial charge in [0.15, 0.2) is 0 Å². The summed E-state index contributed by atoms with van der Waals surface area (Å²) in [6, 6.07) is 15.0. The first-order valence-corrected chi connectivity index (χ1v) is 9.04. The van der Waals surface area contributed by atoms with E-state index in [1.54, 1.807) is 7.11 Å². The van der Waals surface area contributed by atoms with Crippen LogP contribution in [-0.2, 0) is 16.0 Å². The van der Waals surface area contributed by atoms with E-state index in [1.165, 1.54) is 0 Å². The van der Waals surface area contributed by atoms with Gasteiger partial charge in [0, 0.05) is 13.0 Å². The lowest BCUT2D eigenvalue weighted by molar-refractivity contribution is -0.138. The Bertz CT molecular complexity index is 760. The molecule has 0 radical (unpaired) electrons. The molecule has 2 N–H and O–H groups in total. The summed E-state index contributed by atoms with van der Waals surface area (Å²) in [5, 5.41) is 11.3. The van der Waals surface area contributed by atoms with Crippen LogP contribution in [0, 0.1) is 0 Å². The number of ether oxygens (including phenoxy) is 3. The van der Waals surface area contributed by atoms with Crippen molar-refractivity contribution in [2.45, 2.75) is 19.3 Å². The van der Waals surface area contributed by atoms with Crippen LogP contribution in [0.1, 0.15) is 18.4 Å². The van der Waals surface area contributed by atoms with Gasteiger partial charge in [0.1, 0.15) is 30.5 Å². The van der Waals surface area contributed by atoms with Gasteiger partial charge in [-0.05, 0) is 48.4 Å². The molecule has 1 amide bonds. The quantitative estimate of drug-likeness (QED) is 0.544.